The number of ketones is 1. The fourth-order valence-corrected chi connectivity index (χ4v) is 9.24. The predicted octanol–water partition coefficient (Wildman–Crippen LogP) is 4.75. The van der Waals surface area contributed by atoms with Gasteiger partial charge in [0.25, 0.3) is 11.7 Å². The number of fused-ring (bicyclic) bond motifs is 1. The molecule has 1 fully saturated rings. The van der Waals surface area contributed by atoms with E-state index in [4.69, 9.17) is 23.9 Å². The minimum Gasteiger partial charge on any atom is -0.507 e. The molecule has 61 heavy (non-hydrogen) atoms. The van der Waals surface area contributed by atoms with E-state index in [2.05, 4.69) is 29.1 Å². The van der Waals surface area contributed by atoms with E-state index in [0.717, 1.165) is 19.6 Å². The molecule has 5 N–H and O–H groups in total. The van der Waals surface area contributed by atoms with Crippen LogP contribution in [0.2, 0.25) is 0 Å². The van der Waals surface area contributed by atoms with Gasteiger partial charge in [0.2, 0.25) is 0 Å². The highest BCUT2D eigenvalue weighted by atomic mass is 16.7. The molecule has 2 aromatic rings. The molecule has 6 rings (SSSR count). The maximum Gasteiger partial charge on any atom is 0.312 e. The van der Waals surface area contributed by atoms with Gasteiger partial charge in [0.05, 0.1) is 41.2 Å². The number of rotatable bonds is 4. The number of nitrogens with one attached hydrogen (secondary N) is 1. The van der Waals surface area contributed by atoms with Crippen LogP contribution >= 0.6 is 0 Å². The molecule has 0 saturated carbocycles. The summed E-state index contributed by atoms with van der Waals surface area (Å²) >= 11 is 0. The molecule has 15 nitrogen and oxygen atoms in total. The maximum absolute atomic E-state index is 14.7. The third-order valence-electron chi connectivity index (χ3n) is 12.9. The van der Waals surface area contributed by atoms with Gasteiger partial charge in [-0.05, 0) is 25.8 Å². The van der Waals surface area contributed by atoms with Crippen molar-refractivity contribution in [2.75, 3.05) is 32.1 Å². The number of ether oxygens (including phenoxy) is 4. The zero-order valence-corrected chi connectivity index (χ0v) is 37.1. The van der Waals surface area contributed by atoms with Gasteiger partial charge in [-0.15, -0.1) is 0 Å². The summed E-state index contributed by atoms with van der Waals surface area (Å²) in [5, 5.41) is 50.5. The Labute approximate surface area is 356 Å². The van der Waals surface area contributed by atoms with Crippen molar-refractivity contribution in [1.82, 2.24) is 4.90 Å². The van der Waals surface area contributed by atoms with Gasteiger partial charge < -0.3 is 49.6 Å². The van der Waals surface area contributed by atoms with E-state index in [-0.39, 0.29) is 49.7 Å². The van der Waals surface area contributed by atoms with Crippen molar-refractivity contribution in [2.45, 2.75) is 118 Å². The Balaban J connectivity index is 1.55. The number of allylic oxidation sites excluding steroid dienone is 2. The number of anilines is 1. The van der Waals surface area contributed by atoms with Crippen molar-refractivity contribution < 1.29 is 53.8 Å². The average molecular weight is 847 g/mol. The molecule has 4 aliphatic heterocycles. The number of aliphatic hydroxyl groups excluding tert-OH is 2. The topological polar surface area (TPSA) is 209 Å². The molecule has 332 valence electrons. The van der Waals surface area contributed by atoms with Crippen LogP contribution in [0.1, 0.15) is 91.1 Å². The summed E-state index contributed by atoms with van der Waals surface area (Å²) in [6, 6.07) is 0. The Bertz CT molecular complexity index is 2300. The number of nitrogens with zero attached hydrogens (tertiary/aromatic N) is 3. The lowest BCUT2D eigenvalue weighted by atomic mass is 9.78. The molecule has 1 saturated heterocycles. The quantitative estimate of drug-likeness (QED) is 0.208. The molecule has 2 aromatic carbocycles. The first-order valence-electron chi connectivity index (χ1n) is 21.2. The van der Waals surface area contributed by atoms with Crippen LogP contribution in [-0.2, 0) is 23.8 Å². The lowest BCUT2D eigenvalue weighted by Crippen LogP contribution is -2.47. The first-order valence-corrected chi connectivity index (χ1v) is 21.2. The van der Waals surface area contributed by atoms with E-state index in [9.17, 15) is 34.8 Å². The summed E-state index contributed by atoms with van der Waals surface area (Å²) in [6.07, 6.45) is 5.07. The molecule has 1 amide bonds. The van der Waals surface area contributed by atoms with Crippen LogP contribution < -0.4 is 20.8 Å². The van der Waals surface area contributed by atoms with Crippen molar-refractivity contribution in [2.24, 2.45) is 39.6 Å². The third-order valence-corrected chi connectivity index (χ3v) is 12.9. The van der Waals surface area contributed by atoms with E-state index in [1.165, 1.54) is 27.2 Å². The number of phenols is 2. The first kappa shape index (κ1) is 45.7. The number of benzene rings is 2. The number of carbonyl (C=O) groups is 3. The number of carbonyl (C=O) groups excluding carboxylic acids is 3. The highest BCUT2D eigenvalue weighted by molar-refractivity contribution is 6.21. The molecule has 0 unspecified atom stereocenters. The number of Topliss-reactive ketones (excluding diaryl/α,β-unsaturated/α-hetero) is 1. The molecular weight excluding hydrogens is 785 g/mol. The fraction of sp³-hybridized carbons (Fsp3) is 0.587. The number of likely N-dealkylation sites (tertiary alicyclic amines) is 1. The summed E-state index contributed by atoms with van der Waals surface area (Å²) in [7, 11) is 1.47. The van der Waals surface area contributed by atoms with Gasteiger partial charge in [-0.2, -0.15) is 0 Å². The molecule has 4 aliphatic rings. The second-order valence-electron chi connectivity index (χ2n) is 18.0. The van der Waals surface area contributed by atoms with E-state index >= 15 is 0 Å². The van der Waals surface area contributed by atoms with Crippen LogP contribution in [0.3, 0.4) is 0 Å². The molecule has 4 heterocycles. The van der Waals surface area contributed by atoms with Gasteiger partial charge in [-0.25, -0.2) is 4.99 Å². The van der Waals surface area contributed by atoms with Crippen LogP contribution in [-0.4, -0.2) is 106 Å². The molecule has 4 bridgehead atoms. The van der Waals surface area contributed by atoms with Gasteiger partial charge in [0.1, 0.15) is 34.0 Å². The second kappa shape index (κ2) is 17.5. The molecular formula is C46H62N4O11. The van der Waals surface area contributed by atoms with E-state index in [0.29, 0.717) is 24.4 Å². The minimum atomic E-state index is -1.95. The van der Waals surface area contributed by atoms with Crippen LogP contribution in [0.5, 0.6) is 17.2 Å². The smallest absolute Gasteiger partial charge is 0.312 e. The number of esters is 1. The van der Waals surface area contributed by atoms with Crippen LogP contribution in [0.4, 0.5) is 5.69 Å². The Morgan fingerprint density at radius 2 is 1.66 bits per heavy atom. The molecule has 1 spiro atoms. The van der Waals surface area contributed by atoms with E-state index < -0.39 is 82.9 Å². The summed E-state index contributed by atoms with van der Waals surface area (Å²) < 4.78 is 24.0. The summed E-state index contributed by atoms with van der Waals surface area (Å²) in [4.78, 5) is 52.9. The van der Waals surface area contributed by atoms with E-state index in [1.54, 1.807) is 65.8 Å². The lowest BCUT2D eigenvalue weighted by molar-refractivity contribution is -0.160. The fourth-order valence-electron chi connectivity index (χ4n) is 9.24. The number of amides is 1. The van der Waals surface area contributed by atoms with Gasteiger partial charge in [0, 0.05) is 93.6 Å². The number of hydrogen-bond acceptors (Lipinski definition) is 14. The van der Waals surface area contributed by atoms with Crippen molar-refractivity contribution in [3.8, 4) is 17.2 Å². The average Bonchev–Trinajstić information content (AvgIpc) is 3.71. The van der Waals surface area contributed by atoms with Crippen molar-refractivity contribution in [3.05, 3.63) is 58.0 Å². The van der Waals surface area contributed by atoms with Crippen molar-refractivity contribution in [1.29, 1.82) is 0 Å². The number of piperidine rings is 1. The van der Waals surface area contributed by atoms with Gasteiger partial charge in [0.15, 0.2) is 5.75 Å². The lowest BCUT2D eigenvalue weighted by Gasteiger charge is -2.38. The highest BCUT2D eigenvalue weighted by Gasteiger charge is 2.51. The molecule has 15 heteroatoms. The third kappa shape index (κ3) is 8.54. The molecule has 0 radical (unpaired) electrons. The van der Waals surface area contributed by atoms with E-state index in [1.807, 2.05) is 0 Å². The minimum absolute atomic E-state index is 0.0538. The number of hydrogen-bond donors (Lipinski definition) is 5. The molecule has 0 aliphatic carbocycles. The SMILES string of the molecule is CO[C@@H]1/C=C\O[C@@]2(C)Oc3c(C)c(O)c4c(O)c(c5c(c4c3C2=O)NC2(CCN(CC(C)C)CC2)N=5)=NC(=O)/C(C)=C\C=C/[C@@H](C)[C@@H](O)[C@H](C)[C@H](O)[C@H](C)[C@H](OC(C)=O)[C@@H]1C. The van der Waals surface area contributed by atoms with Crippen LogP contribution in [0.15, 0.2) is 46.1 Å². The summed E-state index contributed by atoms with van der Waals surface area (Å²) in [6.45, 7) is 19.6. The summed E-state index contributed by atoms with van der Waals surface area (Å²) in [5.74, 6) is -6.57. The first-order chi connectivity index (χ1) is 28.6. The second-order valence-corrected chi connectivity index (χ2v) is 18.0. The predicted molar refractivity (Wildman–Crippen MR) is 228 cm³/mol. The van der Waals surface area contributed by atoms with Gasteiger partial charge >= 0.3 is 11.8 Å². The Kier molecular flexibility index (Phi) is 13.1. The van der Waals surface area contributed by atoms with Crippen molar-refractivity contribution in [3.63, 3.8) is 0 Å². The van der Waals surface area contributed by atoms with Gasteiger partial charge in [-0.3, -0.25) is 19.4 Å². The number of methoxy groups -OCH3 is 1. The Morgan fingerprint density at radius 3 is 2.28 bits per heavy atom. The maximum atomic E-state index is 14.7. The standard InChI is InChI=1S/C46H62N4O11/c1-22(2)21-50-18-16-46(17-19-50)48-34-31-32-39(54)28(8)42-33(31)43(56)45(10,61-42)59-20-15-30(58-11)25(5)41(60-29(9)51)27(7)38(53)26(6)37(52)23(3)13-12-14-24(4)44(57)47-36(40(32)55)35(34)49-46/h12-15,20,22-23,25-27,30,37-38,41,48,52-55H,16-19,21H2,1-11H3/b13-12-,20-15-,24-14-,47-36?/t23-,25-,26+,27+,30-,37-,38+,41-,45+/m1/s1. The highest BCUT2D eigenvalue weighted by Crippen LogP contribution is 2.51. The zero-order chi connectivity index (χ0) is 44.9. The monoisotopic (exact) mass is 846 g/mol. The summed E-state index contributed by atoms with van der Waals surface area (Å²) in [5.41, 5.74) is -0.111. The Morgan fingerprint density at radius 1 is 0.984 bits per heavy atom. The van der Waals surface area contributed by atoms with Gasteiger partial charge in [-0.1, -0.05) is 59.8 Å². The number of phenolic OH excluding ortho intramolecular Hbond substituents is 2. The largest absolute Gasteiger partial charge is 0.507 e. The number of aromatic hydroxyl groups is 2. The Hall–Kier alpha value is -4.83. The molecule has 0 aromatic heterocycles. The molecule has 9 atom stereocenters. The normalized spacial score (nSPS) is 32.7. The number of aliphatic hydroxyl groups is 2. The van der Waals surface area contributed by atoms with Crippen LogP contribution in [0, 0.1) is 36.5 Å². The van der Waals surface area contributed by atoms with Crippen molar-refractivity contribution >= 4 is 34.1 Å². The van der Waals surface area contributed by atoms with Crippen LogP contribution in [0.25, 0.3) is 10.8 Å². The zero-order valence-electron chi connectivity index (χ0n) is 37.1.